The molecule has 3 aromatic rings. The number of hydrogen-bond donors (Lipinski definition) is 1. The van der Waals surface area contributed by atoms with Gasteiger partial charge in [0.25, 0.3) is 5.91 Å². The third kappa shape index (κ3) is 4.56. The van der Waals surface area contributed by atoms with Crippen molar-refractivity contribution in [2.75, 3.05) is 11.9 Å². The van der Waals surface area contributed by atoms with Crippen LogP contribution >= 0.6 is 0 Å². The Labute approximate surface area is 214 Å². The van der Waals surface area contributed by atoms with Crippen LogP contribution in [0.5, 0.6) is 0 Å². The number of hydrogen-bond acceptors (Lipinski definition) is 6. The van der Waals surface area contributed by atoms with Crippen molar-refractivity contribution in [1.82, 2.24) is 24.6 Å². The van der Waals surface area contributed by atoms with Gasteiger partial charge in [0.05, 0.1) is 5.56 Å². The number of nitrogens with one attached hydrogen (secondary N) is 1. The summed E-state index contributed by atoms with van der Waals surface area (Å²) in [6.45, 7) is 2.86. The van der Waals surface area contributed by atoms with E-state index < -0.39 is 11.7 Å². The van der Waals surface area contributed by atoms with Crippen molar-refractivity contribution in [2.45, 2.75) is 70.6 Å². The van der Waals surface area contributed by atoms with E-state index in [2.05, 4.69) is 32.0 Å². The minimum atomic E-state index is -0.601. The van der Waals surface area contributed by atoms with Gasteiger partial charge in [0.2, 0.25) is 0 Å². The van der Waals surface area contributed by atoms with Crippen molar-refractivity contribution in [3.8, 4) is 11.5 Å². The molecule has 2 aromatic heterocycles. The average molecular weight is 505 g/mol. The number of pyridine rings is 1. The highest BCUT2D eigenvalue weighted by Crippen LogP contribution is 2.30. The monoisotopic (exact) mass is 504 g/mol. The van der Waals surface area contributed by atoms with E-state index in [1.807, 2.05) is 6.07 Å². The fraction of sp³-hybridized carbons (Fsp3) is 0.444. The van der Waals surface area contributed by atoms with Crippen molar-refractivity contribution in [2.24, 2.45) is 0 Å². The second-order valence-corrected chi connectivity index (χ2v) is 10.1. The first-order chi connectivity index (χ1) is 18.0. The van der Waals surface area contributed by atoms with Crippen LogP contribution in [0.25, 0.3) is 11.5 Å². The summed E-state index contributed by atoms with van der Waals surface area (Å²) in [5.41, 5.74) is 2.05. The Morgan fingerprint density at radius 3 is 2.76 bits per heavy atom. The van der Waals surface area contributed by atoms with Crippen LogP contribution in [-0.4, -0.2) is 49.3 Å². The molecular formula is C27H29FN6O3. The van der Waals surface area contributed by atoms with Crippen molar-refractivity contribution in [3.05, 3.63) is 58.7 Å². The van der Waals surface area contributed by atoms with Crippen LogP contribution in [0.1, 0.15) is 72.4 Å². The molecule has 10 heteroatoms. The summed E-state index contributed by atoms with van der Waals surface area (Å²) < 4.78 is 22.7. The number of amides is 2. The third-order valence-corrected chi connectivity index (χ3v) is 7.59. The average Bonchev–Trinajstić information content (AvgIpc) is 3.63. The number of rotatable bonds is 4. The smallest absolute Gasteiger partial charge is 0.410 e. The van der Waals surface area contributed by atoms with Gasteiger partial charge in [-0.3, -0.25) is 4.79 Å². The first-order valence-electron chi connectivity index (χ1n) is 13.0. The zero-order chi connectivity index (χ0) is 25.5. The predicted octanol–water partition coefficient (Wildman–Crippen LogP) is 4.68. The molecule has 0 saturated heterocycles. The number of nitrogens with zero attached hydrogens (tertiary/aromatic N) is 5. The van der Waals surface area contributed by atoms with Crippen LogP contribution in [-0.2, 0) is 24.1 Å². The van der Waals surface area contributed by atoms with Gasteiger partial charge in [-0.15, -0.1) is 10.2 Å². The maximum absolute atomic E-state index is 14.9. The molecule has 1 aromatic carbocycles. The van der Waals surface area contributed by atoms with Crippen LogP contribution in [0, 0.1) is 5.82 Å². The summed E-state index contributed by atoms with van der Waals surface area (Å²) >= 11 is 0. The molecule has 1 N–H and O–H groups in total. The molecule has 1 atom stereocenters. The predicted molar refractivity (Wildman–Crippen MR) is 133 cm³/mol. The maximum Gasteiger partial charge on any atom is 0.410 e. The number of benzene rings is 1. The van der Waals surface area contributed by atoms with Crippen molar-refractivity contribution in [1.29, 1.82) is 0 Å². The first-order valence-corrected chi connectivity index (χ1v) is 13.0. The largest absolute Gasteiger partial charge is 0.446 e. The summed E-state index contributed by atoms with van der Waals surface area (Å²) in [6, 6.07) is 8.45. The lowest BCUT2D eigenvalue weighted by atomic mass is 9.96. The molecule has 2 aliphatic heterocycles. The topological polar surface area (TPSA) is 102 Å². The zero-order valence-electron chi connectivity index (χ0n) is 20.7. The summed E-state index contributed by atoms with van der Waals surface area (Å²) in [4.78, 5) is 31.9. The Bertz CT molecular complexity index is 1370. The van der Waals surface area contributed by atoms with E-state index in [4.69, 9.17) is 4.74 Å². The lowest BCUT2D eigenvalue weighted by Crippen LogP contribution is -2.38. The minimum Gasteiger partial charge on any atom is -0.446 e. The molecule has 4 heterocycles. The molecule has 0 radical (unpaired) electrons. The number of halogens is 1. The highest BCUT2D eigenvalue weighted by Gasteiger charge is 2.28. The molecule has 1 fully saturated rings. The molecule has 0 unspecified atom stereocenters. The van der Waals surface area contributed by atoms with Gasteiger partial charge in [0.1, 0.15) is 29.3 Å². The number of anilines is 1. The molecule has 2 amide bonds. The van der Waals surface area contributed by atoms with Gasteiger partial charge in [0, 0.05) is 25.6 Å². The Hall–Kier alpha value is -3.82. The van der Waals surface area contributed by atoms with E-state index >= 15 is 0 Å². The van der Waals surface area contributed by atoms with Gasteiger partial charge in [0.15, 0.2) is 5.82 Å². The van der Waals surface area contributed by atoms with Crippen LogP contribution in [0.4, 0.5) is 15.0 Å². The van der Waals surface area contributed by atoms with Crippen LogP contribution in [0.3, 0.4) is 0 Å². The van der Waals surface area contributed by atoms with E-state index in [-0.39, 0.29) is 30.3 Å². The second-order valence-electron chi connectivity index (χ2n) is 10.1. The standard InChI is InChI=1S/C27H29FN6O3/c1-16-9-10-24-31-32-25(34(16)24)22-7-4-8-23(29-22)30-26(35)20-13-18-15-33(12-11-17(18)14-21(20)28)27(36)37-19-5-2-3-6-19/h4,7-8,13-14,16,19H,2-3,5-6,9-12,15H2,1H3,(H,29,30,35)/t16-/m1/s1. The minimum absolute atomic E-state index is 0.0197. The summed E-state index contributed by atoms with van der Waals surface area (Å²) in [7, 11) is 0. The van der Waals surface area contributed by atoms with Gasteiger partial charge in [-0.2, -0.15) is 0 Å². The molecule has 6 rings (SSSR count). The molecule has 1 aliphatic carbocycles. The van der Waals surface area contributed by atoms with Crippen molar-refractivity contribution in [3.63, 3.8) is 0 Å². The quantitative estimate of drug-likeness (QED) is 0.554. The Kier molecular flexibility index (Phi) is 6.10. The molecule has 1 saturated carbocycles. The molecule has 37 heavy (non-hydrogen) atoms. The molecular weight excluding hydrogens is 475 g/mol. The Balaban J connectivity index is 1.19. The van der Waals surface area contributed by atoms with E-state index in [1.54, 1.807) is 17.0 Å². The number of fused-ring (bicyclic) bond motifs is 2. The third-order valence-electron chi connectivity index (χ3n) is 7.59. The maximum atomic E-state index is 14.9. The Morgan fingerprint density at radius 1 is 1.08 bits per heavy atom. The second kappa shape index (κ2) is 9.57. The summed E-state index contributed by atoms with van der Waals surface area (Å²) in [5.74, 6) is 0.676. The number of aryl methyl sites for hydroxylation is 1. The van der Waals surface area contributed by atoms with Crippen molar-refractivity contribution < 1.29 is 18.7 Å². The van der Waals surface area contributed by atoms with Crippen molar-refractivity contribution >= 4 is 17.8 Å². The van der Waals surface area contributed by atoms with E-state index in [0.29, 0.717) is 30.3 Å². The van der Waals surface area contributed by atoms with Gasteiger partial charge in [-0.1, -0.05) is 6.07 Å². The van der Waals surface area contributed by atoms with Gasteiger partial charge in [-0.25, -0.2) is 14.2 Å². The Morgan fingerprint density at radius 2 is 1.92 bits per heavy atom. The van der Waals surface area contributed by atoms with Crippen LogP contribution < -0.4 is 5.32 Å². The normalized spacial score (nSPS) is 19.0. The van der Waals surface area contributed by atoms with Crippen LogP contribution in [0.15, 0.2) is 30.3 Å². The number of carbonyl (C=O) groups is 2. The SMILES string of the molecule is C[C@@H]1CCc2nnc(-c3cccc(NC(=O)c4cc5c(cc4F)CCN(C(=O)OC4CCCC4)C5)n3)n21. The van der Waals surface area contributed by atoms with Gasteiger partial charge in [-0.05, 0) is 80.8 Å². The molecule has 192 valence electrons. The highest BCUT2D eigenvalue weighted by atomic mass is 19.1. The van der Waals surface area contributed by atoms with E-state index in [1.165, 1.54) is 12.1 Å². The van der Waals surface area contributed by atoms with Crippen LogP contribution in [0.2, 0.25) is 0 Å². The summed E-state index contributed by atoms with van der Waals surface area (Å²) in [5, 5.41) is 11.3. The van der Waals surface area contributed by atoms with Gasteiger partial charge >= 0.3 is 6.09 Å². The fourth-order valence-corrected chi connectivity index (χ4v) is 5.54. The summed E-state index contributed by atoms with van der Waals surface area (Å²) in [6.07, 6.45) is 5.99. The van der Waals surface area contributed by atoms with E-state index in [0.717, 1.165) is 55.5 Å². The lowest BCUT2D eigenvalue weighted by Gasteiger charge is -2.29. The number of carbonyl (C=O) groups excluding carboxylic acids is 2. The van der Waals surface area contributed by atoms with E-state index in [9.17, 15) is 14.0 Å². The zero-order valence-corrected chi connectivity index (χ0v) is 20.7. The fourth-order valence-electron chi connectivity index (χ4n) is 5.54. The molecule has 0 spiro atoms. The number of ether oxygens (including phenoxy) is 1. The number of aromatic nitrogens is 4. The first kappa shape index (κ1) is 23.6. The molecule has 3 aliphatic rings. The molecule has 9 nitrogen and oxygen atoms in total. The highest BCUT2D eigenvalue weighted by molar-refractivity contribution is 6.04. The molecule has 0 bridgehead atoms. The van der Waals surface area contributed by atoms with Gasteiger partial charge < -0.3 is 19.5 Å². The lowest BCUT2D eigenvalue weighted by molar-refractivity contribution is 0.0618.